The molecule has 2 N–H and O–H groups in total. The SMILES string of the molecule is FC(F)(F)c1ccc(-c2nnc(-c3cccnc3NCc3ccc4c(c3)OCO4)[nH]2)cc1. The molecular weight excluding hydrogens is 423 g/mol. The second-order valence-corrected chi connectivity index (χ2v) is 7.04. The maximum Gasteiger partial charge on any atom is 0.416 e. The fraction of sp³-hybridized carbons (Fsp3) is 0.136. The quantitative estimate of drug-likeness (QED) is 0.461. The van der Waals surface area contributed by atoms with Crippen LogP contribution in [0.25, 0.3) is 22.8 Å². The Morgan fingerprint density at radius 2 is 1.72 bits per heavy atom. The summed E-state index contributed by atoms with van der Waals surface area (Å²) < 4.78 is 49.1. The van der Waals surface area contributed by atoms with Crippen LogP contribution in [0.4, 0.5) is 19.0 Å². The number of nitrogens with zero attached hydrogens (tertiary/aromatic N) is 3. The minimum atomic E-state index is -4.39. The highest BCUT2D eigenvalue weighted by Crippen LogP contribution is 2.33. The zero-order valence-corrected chi connectivity index (χ0v) is 16.5. The van der Waals surface area contributed by atoms with Gasteiger partial charge < -0.3 is 19.8 Å². The lowest BCUT2D eigenvalue weighted by molar-refractivity contribution is -0.137. The molecule has 3 heterocycles. The molecule has 5 rings (SSSR count). The van der Waals surface area contributed by atoms with Crippen molar-refractivity contribution in [2.45, 2.75) is 12.7 Å². The van der Waals surface area contributed by atoms with Gasteiger partial charge in [-0.25, -0.2) is 4.98 Å². The van der Waals surface area contributed by atoms with Crippen LogP contribution in [0.15, 0.2) is 60.8 Å². The van der Waals surface area contributed by atoms with E-state index < -0.39 is 11.7 Å². The number of hydrogen-bond donors (Lipinski definition) is 2. The fourth-order valence-corrected chi connectivity index (χ4v) is 3.30. The van der Waals surface area contributed by atoms with Crippen LogP contribution < -0.4 is 14.8 Å². The van der Waals surface area contributed by atoms with E-state index in [1.165, 1.54) is 12.1 Å². The number of aromatic amines is 1. The average Bonchev–Trinajstić information content (AvgIpc) is 3.47. The molecule has 1 aliphatic heterocycles. The number of ether oxygens (including phenoxy) is 2. The van der Waals surface area contributed by atoms with Crippen molar-refractivity contribution in [1.82, 2.24) is 20.2 Å². The topological polar surface area (TPSA) is 85.0 Å². The van der Waals surface area contributed by atoms with Gasteiger partial charge >= 0.3 is 6.18 Å². The molecule has 0 unspecified atom stereocenters. The van der Waals surface area contributed by atoms with Crippen molar-refractivity contribution >= 4 is 5.82 Å². The van der Waals surface area contributed by atoms with E-state index in [-0.39, 0.29) is 6.79 Å². The van der Waals surface area contributed by atoms with Crippen molar-refractivity contribution in [3.63, 3.8) is 0 Å². The van der Waals surface area contributed by atoms with Crippen molar-refractivity contribution in [3.05, 3.63) is 71.9 Å². The molecule has 162 valence electrons. The lowest BCUT2D eigenvalue weighted by atomic mass is 10.1. The van der Waals surface area contributed by atoms with E-state index in [4.69, 9.17) is 9.47 Å². The highest BCUT2D eigenvalue weighted by Gasteiger charge is 2.30. The Hall–Kier alpha value is -4.08. The van der Waals surface area contributed by atoms with E-state index in [9.17, 15) is 13.2 Å². The van der Waals surface area contributed by atoms with Gasteiger partial charge in [0.25, 0.3) is 0 Å². The first-order chi connectivity index (χ1) is 15.5. The smallest absolute Gasteiger partial charge is 0.416 e. The molecule has 0 aliphatic carbocycles. The normalized spacial score (nSPS) is 12.7. The van der Waals surface area contributed by atoms with E-state index in [2.05, 4.69) is 25.5 Å². The number of aromatic nitrogens is 4. The fourth-order valence-electron chi connectivity index (χ4n) is 3.30. The summed E-state index contributed by atoms with van der Waals surface area (Å²) in [4.78, 5) is 7.44. The van der Waals surface area contributed by atoms with E-state index in [0.29, 0.717) is 46.6 Å². The summed E-state index contributed by atoms with van der Waals surface area (Å²) in [6, 6.07) is 14.0. The molecule has 0 radical (unpaired) electrons. The number of benzene rings is 2. The maximum atomic E-state index is 12.8. The Kier molecular flexibility index (Phi) is 4.89. The van der Waals surface area contributed by atoms with Gasteiger partial charge in [0, 0.05) is 18.3 Å². The van der Waals surface area contributed by atoms with Crippen molar-refractivity contribution in [2.75, 3.05) is 12.1 Å². The average molecular weight is 439 g/mol. The van der Waals surface area contributed by atoms with Crippen LogP contribution >= 0.6 is 0 Å². The van der Waals surface area contributed by atoms with Gasteiger partial charge in [-0.15, -0.1) is 10.2 Å². The standard InChI is InChI=1S/C22H16F3N5O2/c23-22(24,25)15-6-4-14(5-7-15)19-28-21(30-29-19)16-2-1-9-26-20(16)27-11-13-3-8-17-18(10-13)32-12-31-17/h1-10H,11-12H2,(H,26,27)(H,28,29,30). The van der Waals surface area contributed by atoms with Crippen molar-refractivity contribution < 1.29 is 22.6 Å². The van der Waals surface area contributed by atoms with Crippen molar-refractivity contribution in [1.29, 1.82) is 0 Å². The maximum absolute atomic E-state index is 12.8. The van der Waals surface area contributed by atoms with Crippen LogP contribution in [0, 0.1) is 0 Å². The summed E-state index contributed by atoms with van der Waals surface area (Å²) in [6.07, 6.45) is -2.74. The molecule has 0 atom stereocenters. The number of nitrogens with one attached hydrogen (secondary N) is 2. The zero-order chi connectivity index (χ0) is 22.1. The molecule has 10 heteroatoms. The molecule has 1 aliphatic rings. The van der Waals surface area contributed by atoms with Crippen LogP contribution in [0.3, 0.4) is 0 Å². The summed E-state index contributed by atoms with van der Waals surface area (Å²) in [6.45, 7) is 0.698. The Bertz CT molecular complexity index is 1260. The predicted molar refractivity (Wildman–Crippen MR) is 110 cm³/mol. The first kappa shape index (κ1) is 19.9. The van der Waals surface area contributed by atoms with Crippen LogP contribution in [-0.2, 0) is 12.7 Å². The third-order valence-electron chi connectivity index (χ3n) is 4.93. The van der Waals surface area contributed by atoms with Gasteiger partial charge in [0.05, 0.1) is 11.1 Å². The summed E-state index contributed by atoms with van der Waals surface area (Å²) in [5.74, 6) is 2.80. The highest BCUT2D eigenvalue weighted by atomic mass is 19.4. The van der Waals surface area contributed by atoms with Gasteiger partial charge in [-0.05, 0) is 42.0 Å². The number of alkyl halides is 3. The molecule has 7 nitrogen and oxygen atoms in total. The number of halogens is 3. The minimum absolute atomic E-state index is 0.212. The molecule has 4 aromatic rings. The third kappa shape index (κ3) is 3.94. The van der Waals surface area contributed by atoms with Gasteiger partial charge in [-0.3, -0.25) is 0 Å². The van der Waals surface area contributed by atoms with Gasteiger partial charge in [0.2, 0.25) is 6.79 Å². The van der Waals surface area contributed by atoms with E-state index in [1.807, 2.05) is 24.3 Å². The van der Waals surface area contributed by atoms with Crippen molar-refractivity contribution in [3.8, 4) is 34.3 Å². The van der Waals surface area contributed by atoms with Gasteiger partial charge in [-0.1, -0.05) is 18.2 Å². The Labute approximate surface area is 180 Å². The Balaban J connectivity index is 1.35. The summed E-state index contributed by atoms with van der Waals surface area (Å²) >= 11 is 0. The predicted octanol–water partition coefficient (Wildman–Crippen LogP) is 4.89. The number of hydrogen-bond acceptors (Lipinski definition) is 6. The lowest BCUT2D eigenvalue weighted by Gasteiger charge is -2.09. The van der Waals surface area contributed by atoms with Crippen LogP contribution in [0.5, 0.6) is 11.5 Å². The van der Waals surface area contributed by atoms with Crippen molar-refractivity contribution in [2.24, 2.45) is 0 Å². The summed E-state index contributed by atoms with van der Waals surface area (Å²) in [5.41, 5.74) is 1.44. The number of rotatable bonds is 5. The Morgan fingerprint density at radius 3 is 2.53 bits per heavy atom. The molecule has 2 aromatic carbocycles. The number of fused-ring (bicyclic) bond motifs is 1. The van der Waals surface area contributed by atoms with E-state index >= 15 is 0 Å². The van der Waals surface area contributed by atoms with Crippen LogP contribution in [0.1, 0.15) is 11.1 Å². The van der Waals surface area contributed by atoms with Crippen LogP contribution in [-0.4, -0.2) is 27.0 Å². The first-order valence-corrected chi connectivity index (χ1v) is 9.65. The lowest BCUT2D eigenvalue weighted by Crippen LogP contribution is -2.04. The molecule has 0 fully saturated rings. The molecular formula is C22H16F3N5O2. The monoisotopic (exact) mass is 439 g/mol. The van der Waals surface area contributed by atoms with E-state index in [0.717, 1.165) is 17.7 Å². The number of anilines is 1. The second kappa shape index (κ2) is 7.88. The molecule has 0 amide bonds. The highest BCUT2D eigenvalue weighted by molar-refractivity contribution is 5.71. The molecule has 0 bridgehead atoms. The molecule has 0 saturated carbocycles. The minimum Gasteiger partial charge on any atom is -0.454 e. The van der Waals surface area contributed by atoms with Gasteiger partial charge in [-0.2, -0.15) is 13.2 Å². The molecule has 32 heavy (non-hydrogen) atoms. The molecule has 0 saturated heterocycles. The molecule has 2 aromatic heterocycles. The number of pyridine rings is 1. The first-order valence-electron chi connectivity index (χ1n) is 9.65. The second-order valence-electron chi connectivity index (χ2n) is 7.04. The zero-order valence-electron chi connectivity index (χ0n) is 16.5. The van der Waals surface area contributed by atoms with Gasteiger partial charge in [0.15, 0.2) is 23.1 Å². The summed E-state index contributed by atoms with van der Waals surface area (Å²) in [7, 11) is 0. The van der Waals surface area contributed by atoms with Gasteiger partial charge in [0.1, 0.15) is 5.82 Å². The van der Waals surface area contributed by atoms with Crippen LogP contribution in [0.2, 0.25) is 0 Å². The molecule has 0 spiro atoms. The number of H-pyrrole nitrogens is 1. The third-order valence-corrected chi connectivity index (χ3v) is 4.93. The summed E-state index contributed by atoms with van der Waals surface area (Å²) in [5, 5.41) is 11.5. The Morgan fingerprint density at radius 1 is 0.938 bits per heavy atom. The van der Waals surface area contributed by atoms with E-state index in [1.54, 1.807) is 12.3 Å². The largest absolute Gasteiger partial charge is 0.454 e.